The van der Waals surface area contributed by atoms with Gasteiger partial charge in [-0.3, -0.25) is 4.79 Å². The molecule has 1 unspecified atom stereocenters. The molecule has 2 N–H and O–H groups in total. The second kappa shape index (κ2) is 6.73. The van der Waals surface area contributed by atoms with Gasteiger partial charge < -0.3 is 10.6 Å². The van der Waals surface area contributed by atoms with E-state index in [0.717, 1.165) is 0 Å². The lowest BCUT2D eigenvalue weighted by Gasteiger charge is -2.17. The summed E-state index contributed by atoms with van der Waals surface area (Å²) in [6, 6.07) is 3.95. The maximum atomic E-state index is 12.9. The van der Waals surface area contributed by atoms with Gasteiger partial charge in [-0.05, 0) is 47.0 Å². The highest BCUT2D eigenvalue weighted by atomic mass is 79.9. The first-order valence-corrected chi connectivity index (χ1v) is 6.68. The number of amides is 1. The Morgan fingerprint density at radius 3 is 2.61 bits per heavy atom. The Hall–Kier alpha value is -1.10. The van der Waals surface area contributed by atoms with E-state index in [1.807, 2.05) is 13.8 Å². The van der Waals surface area contributed by atoms with Gasteiger partial charge in [-0.1, -0.05) is 13.8 Å². The molecule has 0 heterocycles. The Balaban J connectivity index is 2.58. The summed E-state index contributed by atoms with van der Waals surface area (Å²) in [4.78, 5) is 11.8. The number of benzene rings is 1. The number of nitrogens with one attached hydrogen (secondary N) is 2. The molecular formula is C13H18BrFN2O. The van der Waals surface area contributed by atoms with Crippen LogP contribution in [0.1, 0.15) is 20.8 Å². The first-order chi connectivity index (χ1) is 8.40. The number of halogens is 2. The van der Waals surface area contributed by atoms with Crippen LogP contribution in [0.25, 0.3) is 0 Å². The van der Waals surface area contributed by atoms with Crippen LogP contribution in [0.4, 0.5) is 10.1 Å². The summed E-state index contributed by atoms with van der Waals surface area (Å²) >= 11 is 3.25. The quantitative estimate of drug-likeness (QED) is 0.876. The van der Waals surface area contributed by atoms with Crippen LogP contribution in [-0.2, 0) is 4.79 Å². The van der Waals surface area contributed by atoms with Crippen molar-refractivity contribution < 1.29 is 9.18 Å². The summed E-state index contributed by atoms with van der Waals surface area (Å²) in [6.45, 7) is 6.49. The Morgan fingerprint density at radius 1 is 1.39 bits per heavy atom. The SMILES string of the molecule is CC(C)CNC(=O)C(C)Nc1ccc(F)cc1Br. The van der Waals surface area contributed by atoms with Gasteiger partial charge in [0.05, 0.1) is 0 Å². The molecule has 1 aromatic carbocycles. The van der Waals surface area contributed by atoms with Crippen LogP contribution >= 0.6 is 15.9 Å². The maximum absolute atomic E-state index is 12.9. The zero-order chi connectivity index (χ0) is 13.7. The molecule has 1 rings (SSSR count). The molecule has 1 amide bonds. The third-order valence-electron chi connectivity index (χ3n) is 2.38. The fourth-order valence-electron chi connectivity index (χ4n) is 1.36. The van der Waals surface area contributed by atoms with E-state index in [1.165, 1.54) is 12.1 Å². The van der Waals surface area contributed by atoms with E-state index < -0.39 is 0 Å². The van der Waals surface area contributed by atoms with Crippen LogP contribution < -0.4 is 10.6 Å². The number of hydrogen-bond donors (Lipinski definition) is 2. The monoisotopic (exact) mass is 316 g/mol. The van der Waals surface area contributed by atoms with Crippen molar-refractivity contribution in [2.24, 2.45) is 5.92 Å². The van der Waals surface area contributed by atoms with E-state index in [2.05, 4.69) is 26.6 Å². The van der Waals surface area contributed by atoms with E-state index in [-0.39, 0.29) is 17.8 Å². The number of anilines is 1. The minimum absolute atomic E-state index is 0.0695. The van der Waals surface area contributed by atoms with E-state index in [9.17, 15) is 9.18 Å². The lowest BCUT2D eigenvalue weighted by molar-refractivity contribution is -0.121. The lowest BCUT2D eigenvalue weighted by atomic mass is 10.2. The van der Waals surface area contributed by atoms with Crippen molar-refractivity contribution in [1.82, 2.24) is 5.32 Å². The summed E-state index contributed by atoms with van der Waals surface area (Å²) in [5.74, 6) is 0.0305. The molecule has 0 aromatic heterocycles. The Kier molecular flexibility index (Phi) is 5.59. The lowest BCUT2D eigenvalue weighted by Crippen LogP contribution is -2.39. The zero-order valence-electron chi connectivity index (χ0n) is 10.8. The highest BCUT2D eigenvalue weighted by Gasteiger charge is 2.13. The summed E-state index contributed by atoms with van der Waals surface area (Å²) < 4.78 is 13.5. The van der Waals surface area contributed by atoms with E-state index in [1.54, 1.807) is 13.0 Å². The molecule has 100 valence electrons. The Bertz CT molecular complexity index is 423. The van der Waals surface area contributed by atoms with Crippen LogP contribution in [-0.4, -0.2) is 18.5 Å². The van der Waals surface area contributed by atoms with E-state index in [0.29, 0.717) is 22.6 Å². The molecule has 0 spiro atoms. The molecule has 3 nitrogen and oxygen atoms in total. The van der Waals surface area contributed by atoms with Crippen molar-refractivity contribution in [1.29, 1.82) is 0 Å². The molecule has 0 aliphatic rings. The van der Waals surface area contributed by atoms with Crippen LogP contribution in [0, 0.1) is 11.7 Å². The summed E-state index contributed by atoms with van der Waals surface area (Å²) in [7, 11) is 0. The minimum Gasteiger partial charge on any atom is -0.373 e. The van der Waals surface area contributed by atoms with Crippen molar-refractivity contribution in [3.05, 3.63) is 28.5 Å². The van der Waals surface area contributed by atoms with Crippen molar-refractivity contribution in [3.63, 3.8) is 0 Å². The van der Waals surface area contributed by atoms with Crippen molar-refractivity contribution in [2.45, 2.75) is 26.8 Å². The fraction of sp³-hybridized carbons (Fsp3) is 0.462. The minimum atomic E-state index is -0.370. The molecule has 0 aliphatic carbocycles. The first-order valence-electron chi connectivity index (χ1n) is 5.89. The summed E-state index contributed by atoms with van der Waals surface area (Å²) in [5, 5.41) is 5.88. The normalized spacial score (nSPS) is 12.3. The van der Waals surface area contributed by atoms with Gasteiger partial charge in [-0.25, -0.2) is 4.39 Å². The highest BCUT2D eigenvalue weighted by molar-refractivity contribution is 9.10. The van der Waals surface area contributed by atoms with Crippen LogP contribution in [0.3, 0.4) is 0 Å². The third kappa shape index (κ3) is 4.64. The summed E-state index contributed by atoms with van der Waals surface area (Å²) in [6.07, 6.45) is 0. The Labute approximate surface area is 115 Å². The smallest absolute Gasteiger partial charge is 0.242 e. The van der Waals surface area contributed by atoms with Crippen molar-refractivity contribution in [3.8, 4) is 0 Å². The van der Waals surface area contributed by atoms with E-state index >= 15 is 0 Å². The molecule has 1 atom stereocenters. The van der Waals surface area contributed by atoms with Gasteiger partial charge in [0.25, 0.3) is 0 Å². The van der Waals surface area contributed by atoms with Crippen LogP contribution in [0.15, 0.2) is 22.7 Å². The molecule has 0 aliphatic heterocycles. The second-order valence-electron chi connectivity index (χ2n) is 4.63. The molecule has 0 saturated carbocycles. The molecule has 18 heavy (non-hydrogen) atoms. The molecule has 1 aromatic rings. The van der Waals surface area contributed by atoms with E-state index in [4.69, 9.17) is 0 Å². The number of carbonyl (C=O) groups is 1. The third-order valence-corrected chi connectivity index (χ3v) is 3.04. The predicted molar refractivity (Wildman–Crippen MR) is 75.0 cm³/mol. The topological polar surface area (TPSA) is 41.1 Å². The first kappa shape index (κ1) is 15.0. The van der Waals surface area contributed by atoms with Crippen molar-refractivity contribution in [2.75, 3.05) is 11.9 Å². The molecular weight excluding hydrogens is 299 g/mol. The number of rotatable bonds is 5. The maximum Gasteiger partial charge on any atom is 0.242 e. The predicted octanol–water partition coefficient (Wildman–Crippen LogP) is 3.16. The average Bonchev–Trinajstić information content (AvgIpc) is 2.29. The van der Waals surface area contributed by atoms with Gasteiger partial charge in [-0.2, -0.15) is 0 Å². The van der Waals surface area contributed by atoms with Gasteiger partial charge in [0.1, 0.15) is 11.9 Å². The Morgan fingerprint density at radius 2 is 2.06 bits per heavy atom. The average molecular weight is 317 g/mol. The zero-order valence-corrected chi connectivity index (χ0v) is 12.3. The molecule has 5 heteroatoms. The number of carbonyl (C=O) groups excluding carboxylic acids is 1. The van der Waals surface area contributed by atoms with Gasteiger partial charge in [0, 0.05) is 16.7 Å². The number of hydrogen-bond acceptors (Lipinski definition) is 2. The molecule has 0 radical (unpaired) electrons. The molecule has 0 fully saturated rings. The van der Waals surface area contributed by atoms with Crippen LogP contribution in [0.2, 0.25) is 0 Å². The van der Waals surface area contributed by atoms with Gasteiger partial charge in [0.2, 0.25) is 5.91 Å². The molecule has 0 bridgehead atoms. The van der Waals surface area contributed by atoms with Gasteiger partial charge in [-0.15, -0.1) is 0 Å². The van der Waals surface area contributed by atoms with Crippen LogP contribution in [0.5, 0.6) is 0 Å². The van der Waals surface area contributed by atoms with Gasteiger partial charge >= 0.3 is 0 Å². The van der Waals surface area contributed by atoms with Crippen molar-refractivity contribution >= 4 is 27.5 Å². The molecule has 0 saturated heterocycles. The fourth-order valence-corrected chi connectivity index (χ4v) is 1.83. The summed E-state index contributed by atoms with van der Waals surface area (Å²) in [5.41, 5.74) is 0.698. The van der Waals surface area contributed by atoms with Gasteiger partial charge in [0.15, 0.2) is 0 Å². The largest absolute Gasteiger partial charge is 0.373 e. The highest BCUT2D eigenvalue weighted by Crippen LogP contribution is 2.23. The second-order valence-corrected chi connectivity index (χ2v) is 5.48. The standard InChI is InChI=1S/C13H18BrFN2O/c1-8(2)7-16-13(18)9(3)17-12-5-4-10(15)6-11(12)14/h4-6,8-9,17H,7H2,1-3H3,(H,16,18).